The quantitative estimate of drug-likeness (QED) is 0.455. The van der Waals surface area contributed by atoms with Crippen molar-refractivity contribution in [3.05, 3.63) is 53.1 Å². The van der Waals surface area contributed by atoms with Crippen LogP contribution in [0.4, 0.5) is 5.13 Å². The molecule has 4 rings (SSSR count). The molecule has 3 aromatic rings. The van der Waals surface area contributed by atoms with E-state index in [1.807, 2.05) is 42.5 Å². The van der Waals surface area contributed by atoms with Gasteiger partial charge in [0.15, 0.2) is 5.13 Å². The molecule has 4 nitrogen and oxygen atoms in total. The summed E-state index contributed by atoms with van der Waals surface area (Å²) in [6.45, 7) is 3.34. The van der Waals surface area contributed by atoms with Crippen molar-refractivity contribution in [1.82, 2.24) is 4.98 Å². The number of nitrogens with zero attached hydrogens (tertiary/aromatic N) is 2. The number of thioether (sulfide) groups is 1. The van der Waals surface area contributed by atoms with E-state index in [-0.39, 0.29) is 12.0 Å². The van der Waals surface area contributed by atoms with Crippen LogP contribution in [-0.4, -0.2) is 35.9 Å². The van der Waals surface area contributed by atoms with Gasteiger partial charge in [0.2, 0.25) is 0 Å². The number of hydrogen-bond acceptors (Lipinski definition) is 5. The van der Waals surface area contributed by atoms with Gasteiger partial charge >= 0.3 is 0 Å². The van der Waals surface area contributed by atoms with Gasteiger partial charge in [0.25, 0.3) is 5.91 Å². The van der Waals surface area contributed by atoms with E-state index in [2.05, 4.69) is 6.92 Å². The first-order chi connectivity index (χ1) is 13.7. The Balaban J connectivity index is 1.74. The molecule has 0 spiro atoms. The third-order valence-electron chi connectivity index (χ3n) is 4.66. The van der Waals surface area contributed by atoms with E-state index in [1.54, 1.807) is 16.7 Å². The molecule has 0 saturated carbocycles. The van der Waals surface area contributed by atoms with Crippen molar-refractivity contribution in [3.63, 3.8) is 0 Å². The molecule has 1 aliphatic heterocycles. The van der Waals surface area contributed by atoms with Crippen molar-refractivity contribution in [2.75, 3.05) is 23.8 Å². The second kappa shape index (κ2) is 8.82. The lowest BCUT2D eigenvalue weighted by Crippen LogP contribution is -2.37. The molecule has 2 heterocycles. The van der Waals surface area contributed by atoms with E-state index in [4.69, 9.17) is 21.3 Å². The minimum atomic E-state index is -0.0396. The predicted molar refractivity (Wildman–Crippen MR) is 118 cm³/mol. The molecule has 146 valence electrons. The lowest BCUT2D eigenvalue weighted by atomic mass is 10.1. The average Bonchev–Trinajstić information content (AvgIpc) is 3.36. The maximum absolute atomic E-state index is 13.6. The van der Waals surface area contributed by atoms with Crippen molar-refractivity contribution >= 4 is 56.0 Å². The van der Waals surface area contributed by atoms with E-state index in [1.165, 1.54) is 11.3 Å². The summed E-state index contributed by atoms with van der Waals surface area (Å²) in [7, 11) is 0. The Hall–Kier alpha value is -1.60. The molecule has 0 aliphatic carbocycles. The minimum Gasteiger partial charge on any atom is -0.376 e. The van der Waals surface area contributed by atoms with E-state index >= 15 is 0 Å². The van der Waals surface area contributed by atoms with Gasteiger partial charge < -0.3 is 4.74 Å². The third-order valence-corrected chi connectivity index (χ3v) is 6.97. The molecule has 1 aliphatic rings. The third kappa shape index (κ3) is 4.06. The first-order valence-corrected chi connectivity index (χ1v) is 11.6. The average molecular weight is 433 g/mol. The van der Waals surface area contributed by atoms with Crippen LogP contribution >= 0.6 is 34.7 Å². The van der Waals surface area contributed by atoms with Gasteiger partial charge in [-0.3, -0.25) is 9.69 Å². The summed E-state index contributed by atoms with van der Waals surface area (Å²) in [6, 6.07) is 13.5. The summed E-state index contributed by atoms with van der Waals surface area (Å²) in [4.78, 5) is 21.0. The summed E-state index contributed by atoms with van der Waals surface area (Å²) in [5.41, 5.74) is 1.45. The smallest absolute Gasteiger partial charge is 0.261 e. The molecule has 1 fully saturated rings. The summed E-state index contributed by atoms with van der Waals surface area (Å²) >= 11 is 9.49. The van der Waals surface area contributed by atoms with Crippen LogP contribution in [0.3, 0.4) is 0 Å². The number of ether oxygens (including phenoxy) is 1. The monoisotopic (exact) mass is 432 g/mol. The zero-order valence-electron chi connectivity index (χ0n) is 15.6. The highest BCUT2D eigenvalue weighted by Crippen LogP contribution is 2.35. The van der Waals surface area contributed by atoms with E-state index in [0.717, 1.165) is 40.3 Å². The van der Waals surface area contributed by atoms with Crippen molar-refractivity contribution in [2.24, 2.45) is 0 Å². The van der Waals surface area contributed by atoms with Gasteiger partial charge in [0.1, 0.15) is 5.52 Å². The van der Waals surface area contributed by atoms with Crippen LogP contribution in [0.15, 0.2) is 47.4 Å². The fraction of sp³-hybridized carbons (Fsp3) is 0.333. The molecular formula is C21H21ClN2O2S2. The summed E-state index contributed by atoms with van der Waals surface area (Å²) in [6.07, 6.45) is 2.03. The van der Waals surface area contributed by atoms with E-state index in [0.29, 0.717) is 22.3 Å². The molecule has 28 heavy (non-hydrogen) atoms. The van der Waals surface area contributed by atoms with Crippen LogP contribution in [0.5, 0.6) is 0 Å². The fourth-order valence-electron chi connectivity index (χ4n) is 3.33. The number of benzene rings is 2. The second-order valence-electron chi connectivity index (χ2n) is 6.56. The largest absolute Gasteiger partial charge is 0.376 e. The molecule has 7 heteroatoms. The second-order valence-corrected chi connectivity index (χ2v) is 9.29. The van der Waals surface area contributed by atoms with Gasteiger partial charge in [-0.25, -0.2) is 4.98 Å². The number of fused-ring (bicyclic) bond motifs is 1. The maximum atomic E-state index is 13.6. The highest BCUT2D eigenvalue weighted by molar-refractivity contribution is 7.99. The number of rotatable bonds is 6. The first kappa shape index (κ1) is 19.7. The van der Waals surface area contributed by atoms with Crippen LogP contribution < -0.4 is 4.90 Å². The first-order valence-electron chi connectivity index (χ1n) is 9.37. The minimum absolute atomic E-state index is 0.0393. The van der Waals surface area contributed by atoms with Gasteiger partial charge in [0, 0.05) is 11.5 Å². The molecule has 1 saturated heterocycles. The Morgan fingerprint density at radius 3 is 2.93 bits per heavy atom. The van der Waals surface area contributed by atoms with Gasteiger partial charge in [-0.1, -0.05) is 48.1 Å². The van der Waals surface area contributed by atoms with E-state index in [9.17, 15) is 4.79 Å². The van der Waals surface area contributed by atoms with Gasteiger partial charge in [0.05, 0.1) is 27.9 Å². The van der Waals surface area contributed by atoms with E-state index < -0.39 is 0 Å². The Morgan fingerprint density at radius 1 is 1.32 bits per heavy atom. The highest BCUT2D eigenvalue weighted by Gasteiger charge is 2.28. The Bertz CT molecular complexity index is 985. The van der Waals surface area contributed by atoms with Crippen molar-refractivity contribution in [1.29, 1.82) is 0 Å². The van der Waals surface area contributed by atoms with Gasteiger partial charge in [-0.15, -0.1) is 11.8 Å². The molecular weight excluding hydrogens is 412 g/mol. The number of amides is 1. The number of halogens is 1. The molecule has 2 aromatic carbocycles. The molecule has 1 aromatic heterocycles. The van der Waals surface area contributed by atoms with Crippen molar-refractivity contribution in [3.8, 4) is 0 Å². The van der Waals surface area contributed by atoms with Crippen LogP contribution in [0.25, 0.3) is 10.2 Å². The van der Waals surface area contributed by atoms with Gasteiger partial charge in [-0.05, 0) is 42.9 Å². The van der Waals surface area contributed by atoms with Crippen LogP contribution in [-0.2, 0) is 4.74 Å². The number of aromatic nitrogens is 1. The molecule has 1 unspecified atom stereocenters. The summed E-state index contributed by atoms with van der Waals surface area (Å²) in [5, 5.41) is 1.27. The lowest BCUT2D eigenvalue weighted by Gasteiger charge is -2.24. The number of thiazole rings is 1. The molecule has 0 N–H and O–H groups in total. The summed E-state index contributed by atoms with van der Waals surface area (Å²) < 4.78 is 6.79. The normalized spacial score (nSPS) is 16.6. The van der Waals surface area contributed by atoms with Crippen LogP contribution in [0, 0.1) is 0 Å². The number of carbonyl (C=O) groups is 1. The zero-order valence-corrected chi connectivity index (χ0v) is 17.9. The van der Waals surface area contributed by atoms with Crippen molar-refractivity contribution in [2.45, 2.75) is 30.8 Å². The van der Waals surface area contributed by atoms with Crippen molar-refractivity contribution < 1.29 is 9.53 Å². The topological polar surface area (TPSA) is 42.4 Å². The number of para-hydroxylation sites is 1. The SMILES string of the molecule is CCSc1ccccc1C(=O)N(CC1CCCO1)c1nc2c(Cl)cccc2s1. The molecule has 1 amide bonds. The number of anilines is 1. The Morgan fingerprint density at radius 2 is 2.18 bits per heavy atom. The predicted octanol–water partition coefficient (Wildman–Crippen LogP) is 5.89. The Labute approximate surface area is 177 Å². The maximum Gasteiger partial charge on any atom is 0.261 e. The zero-order chi connectivity index (χ0) is 19.5. The Kier molecular flexibility index (Phi) is 6.21. The molecule has 0 bridgehead atoms. The van der Waals surface area contributed by atoms with Crippen LogP contribution in [0.1, 0.15) is 30.1 Å². The lowest BCUT2D eigenvalue weighted by molar-refractivity contribution is 0.0915. The number of carbonyl (C=O) groups excluding carboxylic acids is 1. The standard InChI is InChI=1S/C21H21ClN2O2S2/c1-2-27-17-10-4-3-8-15(17)20(25)24(13-14-7-6-12-26-14)21-23-19-16(22)9-5-11-18(19)28-21/h3-5,8-11,14H,2,6-7,12-13H2,1H3. The van der Waals surface area contributed by atoms with Crippen LogP contribution in [0.2, 0.25) is 5.02 Å². The molecule has 0 radical (unpaired) electrons. The highest BCUT2D eigenvalue weighted by atomic mass is 35.5. The number of hydrogen-bond donors (Lipinski definition) is 0. The van der Waals surface area contributed by atoms with Gasteiger partial charge in [-0.2, -0.15) is 0 Å². The summed E-state index contributed by atoms with van der Waals surface area (Å²) in [5.74, 6) is 0.870. The molecule has 1 atom stereocenters. The fourth-order valence-corrected chi connectivity index (χ4v) is 5.40.